The molecule has 0 aliphatic carbocycles. The Morgan fingerprint density at radius 1 is 1.29 bits per heavy atom. The Bertz CT molecular complexity index is 520. The van der Waals surface area contributed by atoms with Crippen LogP contribution in [0.4, 0.5) is 8.78 Å². The number of carbonyl (C=O) groups excluding carboxylic acids is 1. The summed E-state index contributed by atoms with van der Waals surface area (Å²) in [6, 6.07) is 2.52. The highest BCUT2D eigenvalue weighted by atomic mass is 19.2. The number of benzene rings is 1. The number of nitrogens with two attached hydrogens (primary N) is 1. The van der Waals surface area contributed by atoms with E-state index in [-0.39, 0.29) is 18.6 Å². The van der Waals surface area contributed by atoms with Gasteiger partial charge in [-0.25, -0.2) is 8.78 Å². The Kier molecular flexibility index (Phi) is 6.42. The first-order valence-electron chi connectivity index (χ1n) is 6.80. The van der Waals surface area contributed by atoms with Crippen LogP contribution in [0.15, 0.2) is 18.2 Å². The average Bonchev–Trinajstić information content (AvgIpc) is 2.42. The second-order valence-electron chi connectivity index (χ2n) is 5.05. The fourth-order valence-corrected chi connectivity index (χ4v) is 2.06. The van der Waals surface area contributed by atoms with Crippen molar-refractivity contribution in [1.82, 2.24) is 0 Å². The van der Waals surface area contributed by atoms with Gasteiger partial charge >= 0.3 is 5.97 Å². The van der Waals surface area contributed by atoms with Crippen molar-refractivity contribution in [3.63, 3.8) is 0 Å². The molecule has 1 aromatic rings. The second-order valence-corrected chi connectivity index (χ2v) is 5.05. The van der Waals surface area contributed by atoms with Crippen LogP contribution in [0.25, 0.3) is 0 Å². The van der Waals surface area contributed by atoms with Crippen LogP contribution in [-0.2, 0) is 16.0 Å². The lowest BCUT2D eigenvalue weighted by atomic mass is 9.91. The molecule has 0 radical (unpaired) electrons. The van der Waals surface area contributed by atoms with Gasteiger partial charge in [-0.3, -0.25) is 9.59 Å². The Morgan fingerprint density at radius 3 is 2.48 bits per heavy atom. The van der Waals surface area contributed by atoms with Gasteiger partial charge < -0.3 is 10.8 Å². The van der Waals surface area contributed by atoms with Gasteiger partial charge in [-0.15, -0.1) is 0 Å². The molecule has 0 spiro atoms. The molecular formula is C15H19F2NO3. The van der Waals surface area contributed by atoms with Crippen molar-refractivity contribution < 1.29 is 23.5 Å². The number of hydrogen-bond acceptors (Lipinski definition) is 3. The lowest BCUT2D eigenvalue weighted by Gasteiger charge is -2.15. The van der Waals surface area contributed by atoms with E-state index >= 15 is 0 Å². The highest BCUT2D eigenvalue weighted by molar-refractivity contribution is 5.87. The van der Waals surface area contributed by atoms with E-state index in [2.05, 4.69) is 0 Å². The number of carboxylic acid groups (broad SMARTS) is 1. The Balaban J connectivity index is 2.76. The zero-order chi connectivity index (χ0) is 16.0. The number of Topliss-reactive ketones (excluding diaryl/α,β-unsaturated/α-hetero) is 1. The van der Waals surface area contributed by atoms with E-state index in [1.54, 1.807) is 0 Å². The predicted octanol–water partition coefficient (Wildman–Crippen LogP) is 2.29. The fourth-order valence-electron chi connectivity index (χ4n) is 2.06. The maximum atomic E-state index is 13.1. The third-order valence-electron chi connectivity index (χ3n) is 3.28. The molecule has 0 aliphatic rings. The molecule has 0 bridgehead atoms. The van der Waals surface area contributed by atoms with Crippen LogP contribution in [0.5, 0.6) is 0 Å². The van der Waals surface area contributed by atoms with E-state index in [0.717, 1.165) is 18.6 Å². The van der Waals surface area contributed by atoms with Gasteiger partial charge in [0.15, 0.2) is 11.6 Å². The Hall–Kier alpha value is -1.82. The van der Waals surface area contributed by atoms with E-state index in [1.165, 1.54) is 6.07 Å². The van der Waals surface area contributed by atoms with E-state index < -0.39 is 29.6 Å². The summed E-state index contributed by atoms with van der Waals surface area (Å²) in [6.07, 6.45) is 0.969. The number of aliphatic carboxylic acids is 1. The number of halogens is 2. The summed E-state index contributed by atoms with van der Waals surface area (Å²) in [4.78, 5) is 23.0. The maximum absolute atomic E-state index is 13.1. The summed E-state index contributed by atoms with van der Waals surface area (Å²) < 4.78 is 25.9. The third-order valence-corrected chi connectivity index (χ3v) is 3.28. The maximum Gasteiger partial charge on any atom is 0.307 e. The summed E-state index contributed by atoms with van der Waals surface area (Å²) in [5.41, 5.74) is 5.99. The van der Waals surface area contributed by atoms with Crippen LogP contribution in [0, 0.1) is 17.6 Å². The summed E-state index contributed by atoms with van der Waals surface area (Å²) >= 11 is 0. The smallest absolute Gasteiger partial charge is 0.307 e. The van der Waals surface area contributed by atoms with Gasteiger partial charge in [0.05, 0.1) is 12.0 Å². The monoisotopic (exact) mass is 299 g/mol. The van der Waals surface area contributed by atoms with E-state index in [4.69, 9.17) is 10.8 Å². The molecule has 0 saturated heterocycles. The Labute approximate surface area is 122 Å². The molecule has 3 N–H and O–H groups in total. The number of carbonyl (C=O) groups is 2. The molecule has 6 heteroatoms. The topological polar surface area (TPSA) is 80.4 Å². The van der Waals surface area contributed by atoms with Crippen molar-refractivity contribution in [3.05, 3.63) is 35.4 Å². The third kappa shape index (κ3) is 5.23. The normalized spacial score (nSPS) is 13.7. The minimum atomic E-state index is -1.16. The van der Waals surface area contributed by atoms with Crippen molar-refractivity contribution >= 4 is 11.8 Å². The molecule has 1 aromatic carbocycles. The first-order chi connectivity index (χ1) is 9.85. The molecule has 116 valence electrons. The molecule has 2 atom stereocenters. The van der Waals surface area contributed by atoms with Gasteiger partial charge in [0.25, 0.3) is 0 Å². The highest BCUT2D eigenvalue weighted by Gasteiger charge is 2.24. The number of ketones is 1. The largest absolute Gasteiger partial charge is 0.481 e. The van der Waals surface area contributed by atoms with E-state index in [9.17, 15) is 18.4 Å². The molecule has 1 unspecified atom stereocenters. The number of carboxylic acids is 1. The van der Waals surface area contributed by atoms with Crippen molar-refractivity contribution in [2.24, 2.45) is 11.7 Å². The van der Waals surface area contributed by atoms with Gasteiger partial charge in [0, 0.05) is 6.42 Å². The second kappa shape index (κ2) is 7.83. The minimum Gasteiger partial charge on any atom is -0.481 e. The van der Waals surface area contributed by atoms with Crippen LogP contribution in [-0.4, -0.2) is 22.9 Å². The molecule has 1 rings (SSSR count). The average molecular weight is 299 g/mol. The Morgan fingerprint density at radius 2 is 1.95 bits per heavy atom. The standard InChI is InChI=1S/C15H19F2NO3/c1-2-3-13(18)14(19)8-10(15(20)21)6-9-4-5-11(16)12(17)7-9/h4-5,7,10,13H,2-3,6,8,18H2,1H3,(H,20,21)/t10?,13-/m0/s1. The number of hydrogen-bond donors (Lipinski definition) is 2. The summed E-state index contributed by atoms with van der Waals surface area (Å²) in [6.45, 7) is 1.88. The quantitative estimate of drug-likeness (QED) is 0.772. The van der Waals surface area contributed by atoms with Gasteiger partial charge in [-0.05, 0) is 30.5 Å². The summed E-state index contributed by atoms with van der Waals surface area (Å²) in [5.74, 6) is -4.51. The lowest BCUT2D eigenvalue weighted by Crippen LogP contribution is -2.33. The first kappa shape index (κ1) is 17.2. The molecular weight excluding hydrogens is 280 g/mol. The van der Waals surface area contributed by atoms with Crippen LogP contribution in [0.2, 0.25) is 0 Å². The number of rotatable bonds is 8. The van der Waals surface area contributed by atoms with Gasteiger partial charge in [0.1, 0.15) is 5.78 Å². The van der Waals surface area contributed by atoms with Gasteiger partial charge in [-0.2, -0.15) is 0 Å². The van der Waals surface area contributed by atoms with Crippen molar-refractivity contribution in [2.75, 3.05) is 0 Å². The zero-order valence-electron chi connectivity index (χ0n) is 11.8. The molecule has 0 fully saturated rings. The molecule has 4 nitrogen and oxygen atoms in total. The van der Waals surface area contributed by atoms with Crippen LogP contribution in [0.1, 0.15) is 31.7 Å². The predicted molar refractivity (Wildman–Crippen MR) is 73.7 cm³/mol. The van der Waals surface area contributed by atoms with Crippen LogP contribution < -0.4 is 5.73 Å². The van der Waals surface area contributed by atoms with Crippen molar-refractivity contribution in [3.8, 4) is 0 Å². The van der Waals surface area contributed by atoms with E-state index in [0.29, 0.717) is 12.0 Å². The first-order valence-corrected chi connectivity index (χ1v) is 6.80. The summed E-state index contributed by atoms with van der Waals surface area (Å²) in [7, 11) is 0. The SMILES string of the molecule is CCC[C@H](N)C(=O)CC(Cc1ccc(F)c(F)c1)C(=O)O. The molecule has 0 heterocycles. The molecule has 21 heavy (non-hydrogen) atoms. The molecule has 0 aliphatic heterocycles. The molecule has 0 amide bonds. The van der Waals surface area contributed by atoms with Crippen LogP contribution in [0.3, 0.4) is 0 Å². The minimum absolute atomic E-state index is 0.0445. The van der Waals surface area contributed by atoms with Gasteiger partial charge in [0.2, 0.25) is 0 Å². The molecule has 0 saturated carbocycles. The fraction of sp³-hybridized carbons (Fsp3) is 0.467. The zero-order valence-corrected chi connectivity index (χ0v) is 11.8. The van der Waals surface area contributed by atoms with Crippen molar-refractivity contribution in [2.45, 2.75) is 38.6 Å². The molecule has 0 aromatic heterocycles. The lowest BCUT2D eigenvalue weighted by molar-refractivity contribution is -0.143. The van der Waals surface area contributed by atoms with Gasteiger partial charge in [-0.1, -0.05) is 19.4 Å². The van der Waals surface area contributed by atoms with Crippen molar-refractivity contribution in [1.29, 1.82) is 0 Å². The van der Waals surface area contributed by atoms with E-state index in [1.807, 2.05) is 6.92 Å². The highest BCUT2D eigenvalue weighted by Crippen LogP contribution is 2.17. The summed E-state index contributed by atoms with van der Waals surface area (Å²) in [5, 5.41) is 9.16. The van der Waals surface area contributed by atoms with Crippen LogP contribution >= 0.6 is 0 Å².